The fraction of sp³-hybridized carbons (Fsp3) is 0.909. The zero-order chi connectivity index (χ0) is 11.0. The van der Waals surface area contributed by atoms with E-state index < -0.39 is 4.32 Å². The molecule has 0 radical (unpaired) electrons. The molecule has 0 aliphatic heterocycles. The minimum absolute atomic E-state index is 0.206. The highest BCUT2D eigenvalue weighted by atomic mass is 79.9. The zero-order valence-corrected chi connectivity index (χ0v) is 10.9. The molecular weight excluding hydrogens is 242 g/mol. The zero-order valence-electron chi connectivity index (χ0n) is 9.31. The normalized spacial score (nSPS) is 15.1. The van der Waals surface area contributed by atoms with Crippen LogP contribution < -0.4 is 5.73 Å². The smallest absolute Gasteiger partial charge is 0.234 e. The number of alkyl halides is 1. The van der Waals surface area contributed by atoms with Crippen LogP contribution in [-0.4, -0.2) is 10.2 Å². The molecule has 0 aliphatic carbocycles. The number of carbonyl (C=O) groups excluding carboxylic acids is 1. The van der Waals surface area contributed by atoms with Gasteiger partial charge in [0.1, 0.15) is 4.32 Å². The van der Waals surface area contributed by atoms with Crippen LogP contribution in [0.5, 0.6) is 0 Å². The van der Waals surface area contributed by atoms with Gasteiger partial charge in [-0.1, -0.05) is 61.9 Å². The Bertz CT molecular complexity index is 173. The van der Waals surface area contributed by atoms with E-state index in [0.29, 0.717) is 0 Å². The Kier molecular flexibility index (Phi) is 7.24. The van der Waals surface area contributed by atoms with Gasteiger partial charge in [0.15, 0.2) is 0 Å². The molecule has 3 heteroatoms. The van der Waals surface area contributed by atoms with Crippen LogP contribution in [0.2, 0.25) is 0 Å². The molecule has 0 rings (SSSR count). The molecule has 2 N–H and O–H groups in total. The number of nitrogens with two attached hydrogens (primary N) is 1. The third kappa shape index (κ3) is 4.99. The molecule has 14 heavy (non-hydrogen) atoms. The van der Waals surface area contributed by atoms with Gasteiger partial charge in [0.05, 0.1) is 0 Å². The van der Waals surface area contributed by atoms with Crippen LogP contribution in [0.1, 0.15) is 58.8 Å². The lowest BCUT2D eigenvalue weighted by Crippen LogP contribution is -2.38. The van der Waals surface area contributed by atoms with E-state index in [2.05, 4.69) is 29.8 Å². The van der Waals surface area contributed by atoms with Crippen LogP contribution in [0.25, 0.3) is 0 Å². The quantitative estimate of drug-likeness (QED) is 0.530. The Labute approximate surface area is 95.8 Å². The fourth-order valence-electron chi connectivity index (χ4n) is 1.48. The molecular formula is C11H22BrNO. The molecule has 0 fully saturated rings. The Balaban J connectivity index is 4.03. The average molecular weight is 264 g/mol. The summed E-state index contributed by atoms with van der Waals surface area (Å²) in [5.41, 5.74) is 5.41. The first-order valence-corrected chi connectivity index (χ1v) is 6.35. The van der Waals surface area contributed by atoms with Gasteiger partial charge >= 0.3 is 0 Å². The topological polar surface area (TPSA) is 43.1 Å². The maximum absolute atomic E-state index is 11.3. The van der Waals surface area contributed by atoms with E-state index in [4.69, 9.17) is 5.73 Å². The van der Waals surface area contributed by atoms with E-state index in [1.807, 2.05) is 0 Å². The number of carbonyl (C=O) groups is 1. The summed E-state index contributed by atoms with van der Waals surface area (Å²) in [5, 5.41) is 0. The van der Waals surface area contributed by atoms with Gasteiger partial charge in [0, 0.05) is 0 Å². The molecule has 2 nitrogen and oxygen atoms in total. The molecule has 0 aromatic heterocycles. The number of hydrogen-bond donors (Lipinski definition) is 1. The van der Waals surface area contributed by atoms with Crippen molar-refractivity contribution >= 4 is 21.8 Å². The van der Waals surface area contributed by atoms with Crippen LogP contribution in [0.4, 0.5) is 0 Å². The van der Waals surface area contributed by atoms with Crippen molar-refractivity contribution in [3.8, 4) is 0 Å². The lowest BCUT2D eigenvalue weighted by Gasteiger charge is -2.23. The number of primary amides is 1. The van der Waals surface area contributed by atoms with Crippen LogP contribution in [0.3, 0.4) is 0 Å². The van der Waals surface area contributed by atoms with Crippen molar-refractivity contribution in [3.05, 3.63) is 0 Å². The second-order valence-corrected chi connectivity index (χ2v) is 5.41. The van der Waals surface area contributed by atoms with Crippen molar-refractivity contribution in [2.24, 2.45) is 5.73 Å². The molecule has 1 unspecified atom stereocenters. The molecule has 0 heterocycles. The minimum atomic E-state index is -0.446. The fourth-order valence-corrected chi connectivity index (χ4v) is 2.04. The predicted molar refractivity (Wildman–Crippen MR) is 64.5 cm³/mol. The second kappa shape index (κ2) is 7.27. The lowest BCUT2D eigenvalue weighted by molar-refractivity contribution is -0.120. The van der Waals surface area contributed by atoms with Crippen molar-refractivity contribution in [1.82, 2.24) is 0 Å². The number of rotatable bonds is 8. The van der Waals surface area contributed by atoms with Crippen LogP contribution in [0.15, 0.2) is 0 Å². The highest BCUT2D eigenvalue weighted by Gasteiger charge is 2.31. The third-order valence-electron chi connectivity index (χ3n) is 2.54. The molecule has 1 amide bonds. The SMILES string of the molecule is CCCCCC(Br)(CCCC)C(N)=O. The first-order chi connectivity index (χ1) is 6.56. The van der Waals surface area contributed by atoms with Gasteiger partial charge in [-0.15, -0.1) is 0 Å². The van der Waals surface area contributed by atoms with Gasteiger partial charge in [-0.2, -0.15) is 0 Å². The molecule has 0 saturated carbocycles. The molecule has 0 spiro atoms. The molecule has 1 atom stereocenters. The van der Waals surface area contributed by atoms with Crippen molar-refractivity contribution in [3.63, 3.8) is 0 Å². The van der Waals surface area contributed by atoms with Gasteiger partial charge in [-0.05, 0) is 12.8 Å². The maximum Gasteiger partial charge on any atom is 0.234 e. The van der Waals surface area contributed by atoms with Crippen LogP contribution in [0, 0.1) is 0 Å². The monoisotopic (exact) mass is 263 g/mol. The van der Waals surface area contributed by atoms with Crippen molar-refractivity contribution < 1.29 is 4.79 Å². The summed E-state index contributed by atoms with van der Waals surface area (Å²) in [5.74, 6) is -0.206. The average Bonchev–Trinajstić information content (AvgIpc) is 2.15. The molecule has 84 valence electrons. The largest absolute Gasteiger partial charge is 0.368 e. The van der Waals surface area contributed by atoms with E-state index in [1.54, 1.807) is 0 Å². The molecule has 0 aliphatic rings. The number of hydrogen-bond acceptors (Lipinski definition) is 1. The first kappa shape index (κ1) is 13.9. The number of halogens is 1. The molecule has 0 aromatic rings. The highest BCUT2D eigenvalue weighted by molar-refractivity contribution is 9.10. The standard InChI is InChI=1S/C11H22BrNO/c1-3-5-7-9-11(12,10(13)14)8-6-4-2/h3-9H2,1-2H3,(H2,13,14). The van der Waals surface area contributed by atoms with Gasteiger partial charge in [-0.25, -0.2) is 0 Å². The maximum atomic E-state index is 11.3. The van der Waals surface area contributed by atoms with Gasteiger partial charge in [0.2, 0.25) is 5.91 Å². The Morgan fingerprint density at radius 1 is 1.14 bits per heavy atom. The number of unbranched alkanes of at least 4 members (excludes halogenated alkanes) is 3. The second-order valence-electron chi connectivity index (χ2n) is 3.89. The van der Waals surface area contributed by atoms with E-state index in [9.17, 15) is 4.79 Å². The summed E-state index contributed by atoms with van der Waals surface area (Å²) in [6.45, 7) is 4.28. The van der Waals surface area contributed by atoms with Crippen molar-refractivity contribution in [1.29, 1.82) is 0 Å². The summed E-state index contributed by atoms with van der Waals surface area (Å²) in [6.07, 6.45) is 7.32. The molecule has 0 aromatic carbocycles. The van der Waals surface area contributed by atoms with E-state index in [1.165, 1.54) is 12.8 Å². The summed E-state index contributed by atoms with van der Waals surface area (Å²) in [6, 6.07) is 0. The Morgan fingerprint density at radius 2 is 1.64 bits per heavy atom. The van der Waals surface area contributed by atoms with Crippen molar-refractivity contribution in [2.45, 2.75) is 63.1 Å². The van der Waals surface area contributed by atoms with Gasteiger partial charge < -0.3 is 5.73 Å². The lowest BCUT2D eigenvalue weighted by atomic mass is 9.95. The van der Waals surface area contributed by atoms with Crippen LogP contribution >= 0.6 is 15.9 Å². The molecule has 0 bridgehead atoms. The third-order valence-corrected chi connectivity index (χ3v) is 3.73. The summed E-state index contributed by atoms with van der Waals surface area (Å²) in [7, 11) is 0. The predicted octanol–water partition coefficient (Wildman–Crippen LogP) is 3.38. The highest BCUT2D eigenvalue weighted by Crippen LogP contribution is 2.30. The summed E-state index contributed by atoms with van der Waals surface area (Å²) >= 11 is 3.51. The summed E-state index contributed by atoms with van der Waals surface area (Å²) in [4.78, 5) is 11.3. The number of amides is 1. The van der Waals surface area contributed by atoms with E-state index in [-0.39, 0.29) is 5.91 Å². The Hall–Kier alpha value is -0.0500. The molecule has 0 saturated heterocycles. The minimum Gasteiger partial charge on any atom is -0.368 e. The summed E-state index contributed by atoms with van der Waals surface area (Å²) < 4.78 is -0.446. The van der Waals surface area contributed by atoms with Crippen molar-refractivity contribution in [2.75, 3.05) is 0 Å². The van der Waals surface area contributed by atoms with Gasteiger partial charge in [-0.3, -0.25) is 4.79 Å². The van der Waals surface area contributed by atoms with Gasteiger partial charge in [0.25, 0.3) is 0 Å². The Morgan fingerprint density at radius 3 is 2.07 bits per heavy atom. The van der Waals surface area contributed by atoms with Crippen LogP contribution in [-0.2, 0) is 4.79 Å². The van der Waals surface area contributed by atoms with E-state index in [0.717, 1.165) is 32.1 Å². The van der Waals surface area contributed by atoms with E-state index >= 15 is 0 Å². The first-order valence-electron chi connectivity index (χ1n) is 5.55.